The number of likely N-dealkylation sites (N-methyl/N-ethyl adjacent to an activating group) is 1. The molecule has 0 spiro atoms. The van der Waals surface area contributed by atoms with E-state index in [9.17, 15) is 4.79 Å². The predicted molar refractivity (Wildman–Crippen MR) is 55.4 cm³/mol. The van der Waals surface area contributed by atoms with Crippen LogP contribution in [0.2, 0.25) is 0 Å². The van der Waals surface area contributed by atoms with E-state index in [-0.39, 0.29) is 11.9 Å². The van der Waals surface area contributed by atoms with Gasteiger partial charge >= 0.3 is 0 Å². The Morgan fingerprint density at radius 2 is 2.50 bits per heavy atom. The highest BCUT2D eigenvalue weighted by Crippen LogP contribution is 2.08. The summed E-state index contributed by atoms with van der Waals surface area (Å²) in [7, 11) is 1.77. The Morgan fingerprint density at radius 1 is 1.86 bits per heavy atom. The van der Waals surface area contributed by atoms with Crippen LogP contribution in [0, 0.1) is 4.77 Å². The average Bonchev–Trinajstić information content (AvgIpc) is 2.61. The number of carbonyl (C=O) groups is 1. The van der Waals surface area contributed by atoms with Crippen molar-refractivity contribution >= 4 is 18.1 Å². The summed E-state index contributed by atoms with van der Waals surface area (Å²) in [4.78, 5) is 13.4. The van der Waals surface area contributed by atoms with Crippen LogP contribution >= 0.6 is 12.2 Å². The van der Waals surface area contributed by atoms with Crippen molar-refractivity contribution in [1.82, 2.24) is 19.7 Å². The number of nitrogens with one attached hydrogen (secondary N) is 1. The van der Waals surface area contributed by atoms with Crippen molar-refractivity contribution in [2.24, 2.45) is 0 Å². The second-order valence-electron chi connectivity index (χ2n) is 3.10. The number of hydrogen-bond acceptors (Lipinski definition) is 3. The van der Waals surface area contributed by atoms with Crippen molar-refractivity contribution in [3.63, 3.8) is 0 Å². The van der Waals surface area contributed by atoms with Gasteiger partial charge in [0.25, 0.3) is 0 Å². The molecule has 1 unspecified atom stereocenters. The van der Waals surface area contributed by atoms with Gasteiger partial charge in [-0.05, 0) is 26.1 Å². The van der Waals surface area contributed by atoms with Crippen molar-refractivity contribution in [3.8, 4) is 0 Å². The maximum absolute atomic E-state index is 11.7. The summed E-state index contributed by atoms with van der Waals surface area (Å²) < 4.78 is 2.11. The predicted octanol–water partition coefficient (Wildman–Crippen LogP) is 0.980. The molecule has 14 heavy (non-hydrogen) atoms. The van der Waals surface area contributed by atoms with E-state index in [0.29, 0.717) is 11.3 Å². The van der Waals surface area contributed by atoms with Crippen LogP contribution < -0.4 is 0 Å². The molecule has 0 aliphatic carbocycles. The zero-order chi connectivity index (χ0) is 10.7. The number of amides is 1. The number of H-pyrrole nitrogens is 1. The Labute approximate surface area is 87.7 Å². The van der Waals surface area contributed by atoms with Crippen LogP contribution in [0.15, 0.2) is 6.33 Å². The Kier molecular flexibility index (Phi) is 3.40. The van der Waals surface area contributed by atoms with E-state index < -0.39 is 0 Å². The van der Waals surface area contributed by atoms with Gasteiger partial charge < -0.3 is 4.90 Å². The Balaban J connectivity index is 2.86. The summed E-state index contributed by atoms with van der Waals surface area (Å²) >= 11 is 4.98. The highest BCUT2D eigenvalue weighted by atomic mass is 32.1. The third-order valence-electron chi connectivity index (χ3n) is 2.20. The zero-order valence-corrected chi connectivity index (χ0v) is 9.34. The highest BCUT2D eigenvalue weighted by molar-refractivity contribution is 7.71. The molecule has 1 N–H and O–H groups in total. The van der Waals surface area contributed by atoms with Gasteiger partial charge in [0.1, 0.15) is 12.4 Å². The standard InChI is InChI=1S/C8H14N4OS/c1-4-11(3)7(13)6(2)12-5-9-10-8(12)14/h5-6H,4H2,1-3H3,(H,10,14). The van der Waals surface area contributed by atoms with Crippen molar-refractivity contribution in [2.75, 3.05) is 13.6 Å². The number of nitrogens with zero attached hydrogens (tertiary/aromatic N) is 3. The molecular weight excluding hydrogens is 200 g/mol. The molecule has 0 radical (unpaired) electrons. The lowest BCUT2D eigenvalue weighted by Gasteiger charge is -2.19. The second-order valence-corrected chi connectivity index (χ2v) is 3.48. The van der Waals surface area contributed by atoms with Gasteiger partial charge in [-0.3, -0.25) is 14.5 Å². The van der Waals surface area contributed by atoms with Crippen LogP contribution in [0.4, 0.5) is 0 Å². The van der Waals surface area contributed by atoms with E-state index in [1.54, 1.807) is 23.4 Å². The fraction of sp³-hybridized carbons (Fsp3) is 0.625. The van der Waals surface area contributed by atoms with Crippen LogP contribution in [0.1, 0.15) is 19.9 Å². The van der Waals surface area contributed by atoms with E-state index in [0.717, 1.165) is 0 Å². The topological polar surface area (TPSA) is 53.9 Å². The normalized spacial score (nSPS) is 12.5. The third kappa shape index (κ3) is 2.01. The first-order valence-corrected chi connectivity index (χ1v) is 4.85. The molecule has 5 nitrogen and oxygen atoms in total. The van der Waals surface area contributed by atoms with E-state index in [2.05, 4.69) is 10.2 Å². The molecule has 78 valence electrons. The first kappa shape index (κ1) is 10.9. The number of aromatic amines is 1. The van der Waals surface area contributed by atoms with E-state index in [1.165, 1.54) is 6.33 Å². The molecule has 6 heteroatoms. The van der Waals surface area contributed by atoms with Crippen molar-refractivity contribution in [3.05, 3.63) is 11.1 Å². The highest BCUT2D eigenvalue weighted by Gasteiger charge is 2.18. The Bertz CT molecular complexity index is 369. The molecule has 1 rings (SSSR count). The Morgan fingerprint density at radius 3 is 2.93 bits per heavy atom. The fourth-order valence-corrected chi connectivity index (χ4v) is 1.38. The monoisotopic (exact) mass is 214 g/mol. The van der Waals surface area contributed by atoms with Gasteiger partial charge in [0.05, 0.1) is 0 Å². The molecule has 0 aliphatic heterocycles. The van der Waals surface area contributed by atoms with Gasteiger partial charge in [-0.25, -0.2) is 0 Å². The first-order valence-electron chi connectivity index (χ1n) is 4.44. The summed E-state index contributed by atoms with van der Waals surface area (Å²) in [6.45, 7) is 4.42. The van der Waals surface area contributed by atoms with Gasteiger partial charge in [0, 0.05) is 13.6 Å². The molecule has 0 aliphatic rings. The lowest BCUT2D eigenvalue weighted by atomic mass is 10.3. The molecule has 1 atom stereocenters. The van der Waals surface area contributed by atoms with Crippen LogP contribution in [0.5, 0.6) is 0 Å². The number of hydrogen-bond donors (Lipinski definition) is 1. The summed E-state index contributed by atoms with van der Waals surface area (Å²) in [5.74, 6) is 0.0324. The molecule has 1 aromatic heterocycles. The quantitative estimate of drug-likeness (QED) is 0.763. The van der Waals surface area contributed by atoms with Gasteiger partial charge in [0.2, 0.25) is 5.91 Å². The average molecular weight is 214 g/mol. The minimum Gasteiger partial charge on any atom is -0.344 e. The summed E-state index contributed by atoms with van der Waals surface area (Å²) in [5.41, 5.74) is 0. The molecular formula is C8H14N4OS. The SMILES string of the molecule is CCN(C)C(=O)C(C)n1cn[nH]c1=S. The molecule has 1 heterocycles. The van der Waals surface area contributed by atoms with Crippen molar-refractivity contribution in [1.29, 1.82) is 0 Å². The van der Waals surface area contributed by atoms with Crippen molar-refractivity contribution in [2.45, 2.75) is 19.9 Å². The maximum atomic E-state index is 11.7. The summed E-state index contributed by atoms with van der Waals surface area (Å²) in [5, 5.41) is 6.39. The molecule has 1 amide bonds. The van der Waals surface area contributed by atoms with E-state index in [4.69, 9.17) is 12.2 Å². The lowest BCUT2D eigenvalue weighted by molar-refractivity contribution is -0.132. The minimum absolute atomic E-state index is 0.0324. The molecule has 0 bridgehead atoms. The van der Waals surface area contributed by atoms with Gasteiger partial charge in [-0.1, -0.05) is 0 Å². The summed E-state index contributed by atoms with van der Waals surface area (Å²) in [6.07, 6.45) is 1.54. The fourth-order valence-electron chi connectivity index (χ4n) is 1.13. The first-order chi connectivity index (χ1) is 6.57. The van der Waals surface area contributed by atoms with Gasteiger partial charge in [0.15, 0.2) is 4.77 Å². The van der Waals surface area contributed by atoms with Crippen LogP contribution in [0.25, 0.3) is 0 Å². The second kappa shape index (κ2) is 4.36. The lowest BCUT2D eigenvalue weighted by Crippen LogP contribution is -2.32. The largest absolute Gasteiger partial charge is 0.344 e. The molecule has 0 saturated heterocycles. The van der Waals surface area contributed by atoms with Crippen LogP contribution in [-0.4, -0.2) is 39.2 Å². The smallest absolute Gasteiger partial charge is 0.245 e. The van der Waals surface area contributed by atoms with Gasteiger partial charge in [-0.2, -0.15) is 5.10 Å². The molecule has 1 aromatic rings. The maximum Gasteiger partial charge on any atom is 0.245 e. The zero-order valence-electron chi connectivity index (χ0n) is 8.52. The molecule has 0 fully saturated rings. The third-order valence-corrected chi connectivity index (χ3v) is 2.50. The van der Waals surface area contributed by atoms with Gasteiger partial charge in [-0.15, -0.1) is 0 Å². The van der Waals surface area contributed by atoms with E-state index >= 15 is 0 Å². The molecule has 0 saturated carbocycles. The van der Waals surface area contributed by atoms with E-state index in [1.807, 2.05) is 6.92 Å². The summed E-state index contributed by atoms with van der Waals surface area (Å²) in [6, 6.07) is -0.300. The van der Waals surface area contributed by atoms with Crippen molar-refractivity contribution < 1.29 is 4.79 Å². The number of carbonyl (C=O) groups excluding carboxylic acids is 1. The number of aromatic nitrogens is 3. The Hall–Kier alpha value is -1.17. The van der Waals surface area contributed by atoms with Crippen LogP contribution in [-0.2, 0) is 4.79 Å². The molecule has 0 aromatic carbocycles. The van der Waals surface area contributed by atoms with Crippen LogP contribution in [0.3, 0.4) is 0 Å². The minimum atomic E-state index is -0.300. The number of rotatable bonds is 3.